The summed E-state index contributed by atoms with van der Waals surface area (Å²) < 4.78 is 5.49. The summed E-state index contributed by atoms with van der Waals surface area (Å²) in [5, 5.41) is 3.27. The highest BCUT2D eigenvalue weighted by Gasteiger charge is 2.42. The van der Waals surface area contributed by atoms with Crippen molar-refractivity contribution < 1.29 is 9.53 Å². The third-order valence-corrected chi connectivity index (χ3v) is 6.79. The summed E-state index contributed by atoms with van der Waals surface area (Å²) in [6.45, 7) is 4.38. The Hall–Kier alpha value is -3.61. The van der Waals surface area contributed by atoms with E-state index in [4.69, 9.17) is 4.74 Å². The van der Waals surface area contributed by atoms with E-state index < -0.39 is 0 Å². The van der Waals surface area contributed by atoms with E-state index in [1.165, 1.54) is 11.3 Å². The fraction of sp³-hybridized carbons (Fsp3) is 0.346. The lowest BCUT2D eigenvalue weighted by atomic mass is 9.83. The average molecular weight is 444 g/mol. The van der Waals surface area contributed by atoms with Crippen LogP contribution in [0.5, 0.6) is 5.75 Å². The number of hydrogen-bond acceptors (Lipinski definition) is 6. The Kier molecular flexibility index (Phi) is 5.86. The molecular formula is C26H29N5O2. The van der Waals surface area contributed by atoms with Gasteiger partial charge in [0, 0.05) is 43.8 Å². The molecule has 0 bridgehead atoms. The molecule has 2 aliphatic rings. The molecule has 0 saturated carbocycles. The number of nitrogens with one attached hydrogen (secondary N) is 1. The number of nitrogens with zero attached hydrogens (tertiary/aromatic N) is 4. The summed E-state index contributed by atoms with van der Waals surface area (Å²) in [5.41, 5.74) is 3.46. The first kappa shape index (κ1) is 21.2. The highest BCUT2D eigenvalue weighted by atomic mass is 16.5. The molecule has 1 N–H and O–H groups in total. The Morgan fingerprint density at radius 3 is 2.76 bits per heavy atom. The Bertz CT molecular complexity index is 1110. The van der Waals surface area contributed by atoms with Gasteiger partial charge in [-0.3, -0.25) is 9.78 Å². The Morgan fingerprint density at radius 2 is 2.00 bits per heavy atom. The van der Waals surface area contributed by atoms with Gasteiger partial charge in [0.25, 0.3) is 0 Å². The number of piperazine rings is 1. The average Bonchev–Trinajstić information content (AvgIpc) is 2.88. The van der Waals surface area contributed by atoms with Gasteiger partial charge >= 0.3 is 0 Å². The molecule has 33 heavy (non-hydrogen) atoms. The fourth-order valence-electron chi connectivity index (χ4n) is 5.01. The molecule has 1 saturated heterocycles. The van der Waals surface area contributed by atoms with E-state index in [1.54, 1.807) is 25.7 Å². The summed E-state index contributed by atoms with van der Waals surface area (Å²) in [6.07, 6.45) is 5.89. The van der Waals surface area contributed by atoms with Gasteiger partial charge in [-0.05, 0) is 30.5 Å². The second kappa shape index (κ2) is 9.10. The molecule has 2 aliphatic heterocycles. The van der Waals surface area contributed by atoms with Gasteiger partial charge < -0.3 is 19.9 Å². The van der Waals surface area contributed by atoms with Crippen molar-refractivity contribution in [3.8, 4) is 5.75 Å². The van der Waals surface area contributed by atoms with Crippen molar-refractivity contribution in [2.75, 3.05) is 36.5 Å². The van der Waals surface area contributed by atoms with Gasteiger partial charge in [0.1, 0.15) is 11.6 Å². The van der Waals surface area contributed by atoms with Crippen molar-refractivity contribution in [1.29, 1.82) is 0 Å². The number of fused-ring (bicyclic) bond motifs is 3. The van der Waals surface area contributed by atoms with Crippen LogP contribution in [0.1, 0.15) is 24.1 Å². The van der Waals surface area contributed by atoms with Gasteiger partial charge in [-0.1, -0.05) is 36.4 Å². The van der Waals surface area contributed by atoms with Crippen molar-refractivity contribution in [3.05, 3.63) is 78.2 Å². The Labute approximate surface area is 194 Å². The molecular weight excluding hydrogens is 414 g/mol. The standard InChI is InChI=1S/C26H29N5O2/c1-18(19-6-4-3-5-7-19)29-26(32)22-14-20-8-9-21(33-2)15-23(20)31-13-12-30(17-24(22)31)25-16-27-10-11-28-25/h3-11,15-16,18,22,24H,12-14,17H2,1-2H3,(H,29,32). The minimum Gasteiger partial charge on any atom is -0.497 e. The van der Waals surface area contributed by atoms with Gasteiger partial charge in [-0.15, -0.1) is 0 Å². The van der Waals surface area contributed by atoms with Crippen LogP contribution in [0.4, 0.5) is 11.5 Å². The molecule has 7 heteroatoms. The Balaban J connectivity index is 1.44. The quantitative estimate of drug-likeness (QED) is 0.653. The van der Waals surface area contributed by atoms with Crippen LogP contribution in [0.2, 0.25) is 0 Å². The monoisotopic (exact) mass is 443 g/mol. The lowest BCUT2D eigenvalue weighted by Crippen LogP contribution is -2.61. The van der Waals surface area contributed by atoms with Gasteiger partial charge in [0.2, 0.25) is 5.91 Å². The minimum absolute atomic E-state index is 0.0309. The number of carbonyl (C=O) groups excluding carboxylic acids is 1. The number of rotatable bonds is 5. The molecule has 3 atom stereocenters. The van der Waals surface area contributed by atoms with Crippen LogP contribution in [0, 0.1) is 5.92 Å². The fourth-order valence-corrected chi connectivity index (χ4v) is 5.01. The number of carbonyl (C=O) groups is 1. The van der Waals surface area contributed by atoms with Crippen LogP contribution in [0.25, 0.3) is 0 Å². The summed E-state index contributed by atoms with van der Waals surface area (Å²) in [7, 11) is 1.69. The van der Waals surface area contributed by atoms with Gasteiger partial charge in [-0.2, -0.15) is 0 Å². The number of anilines is 2. The molecule has 5 rings (SSSR count). The molecule has 1 aromatic heterocycles. The predicted molar refractivity (Wildman–Crippen MR) is 129 cm³/mol. The summed E-state index contributed by atoms with van der Waals surface area (Å²) in [4.78, 5) is 27.0. The van der Waals surface area contributed by atoms with E-state index in [2.05, 4.69) is 49.4 Å². The first-order valence-corrected chi connectivity index (χ1v) is 11.4. The second-order valence-electron chi connectivity index (χ2n) is 8.72. The van der Waals surface area contributed by atoms with Crippen molar-refractivity contribution >= 4 is 17.4 Å². The highest BCUT2D eigenvalue weighted by molar-refractivity contribution is 5.83. The molecule has 3 unspecified atom stereocenters. The normalized spacial score (nSPS) is 20.4. The first-order valence-electron chi connectivity index (χ1n) is 11.4. The van der Waals surface area contributed by atoms with Crippen LogP contribution in [-0.4, -0.2) is 48.7 Å². The van der Waals surface area contributed by atoms with E-state index in [1.807, 2.05) is 31.2 Å². The molecule has 170 valence electrons. The third kappa shape index (κ3) is 4.23. The van der Waals surface area contributed by atoms with Crippen LogP contribution < -0.4 is 19.9 Å². The summed E-state index contributed by atoms with van der Waals surface area (Å²) >= 11 is 0. The van der Waals surface area contributed by atoms with E-state index in [9.17, 15) is 4.79 Å². The van der Waals surface area contributed by atoms with Gasteiger partial charge in [0.05, 0.1) is 31.3 Å². The molecule has 0 aliphatic carbocycles. The van der Waals surface area contributed by atoms with Gasteiger partial charge in [0.15, 0.2) is 0 Å². The smallest absolute Gasteiger partial charge is 0.226 e. The van der Waals surface area contributed by atoms with Crippen molar-refractivity contribution in [1.82, 2.24) is 15.3 Å². The van der Waals surface area contributed by atoms with Crippen molar-refractivity contribution in [2.24, 2.45) is 5.92 Å². The summed E-state index contributed by atoms with van der Waals surface area (Å²) in [6, 6.07) is 16.3. The molecule has 0 radical (unpaired) electrons. The molecule has 7 nitrogen and oxygen atoms in total. The first-order chi connectivity index (χ1) is 16.1. The maximum Gasteiger partial charge on any atom is 0.226 e. The Morgan fingerprint density at radius 1 is 1.15 bits per heavy atom. The number of hydrogen-bond donors (Lipinski definition) is 1. The van der Waals surface area contributed by atoms with Crippen molar-refractivity contribution in [3.63, 3.8) is 0 Å². The van der Waals surface area contributed by atoms with Crippen LogP contribution in [0.3, 0.4) is 0 Å². The van der Waals surface area contributed by atoms with E-state index >= 15 is 0 Å². The van der Waals surface area contributed by atoms with Gasteiger partial charge in [-0.25, -0.2) is 4.98 Å². The highest BCUT2D eigenvalue weighted by Crippen LogP contribution is 2.39. The maximum atomic E-state index is 13.6. The molecule has 3 aromatic rings. The number of ether oxygens (including phenoxy) is 1. The van der Waals surface area contributed by atoms with E-state index in [0.717, 1.165) is 30.2 Å². The largest absolute Gasteiger partial charge is 0.497 e. The molecule has 2 aromatic carbocycles. The van der Waals surface area contributed by atoms with Crippen molar-refractivity contribution in [2.45, 2.75) is 25.4 Å². The molecule has 3 heterocycles. The van der Waals surface area contributed by atoms with E-state index in [-0.39, 0.29) is 23.9 Å². The molecule has 0 spiro atoms. The number of benzene rings is 2. The third-order valence-electron chi connectivity index (χ3n) is 6.79. The predicted octanol–water partition coefficient (Wildman–Crippen LogP) is 3.23. The zero-order valence-corrected chi connectivity index (χ0v) is 19.0. The topological polar surface area (TPSA) is 70.6 Å². The zero-order chi connectivity index (χ0) is 22.8. The molecule has 1 fully saturated rings. The number of aromatic nitrogens is 2. The summed E-state index contributed by atoms with van der Waals surface area (Å²) in [5.74, 6) is 1.61. The maximum absolute atomic E-state index is 13.6. The number of amides is 1. The minimum atomic E-state index is -0.170. The van der Waals surface area contributed by atoms with Crippen LogP contribution in [0.15, 0.2) is 67.1 Å². The second-order valence-corrected chi connectivity index (χ2v) is 8.72. The lowest BCUT2D eigenvalue weighted by Gasteiger charge is -2.49. The number of methoxy groups -OCH3 is 1. The SMILES string of the molecule is COc1ccc2c(c1)N1CCN(c3cnccn3)CC1C(C(=O)NC(C)c1ccccc1)C2. The van der Waals surface area contributed by atoms with Crippen LogP contribution >= 0.6 is 0 Å². The van der Waals surface area contributed by atoms with E-state index in [0.29, 0.717) is 13.0 Å². The van der Waals surface area contributed by atoms with Crippen LogP contribution in [-0.2, 0) is 11.2 Å². The lowest BCUT2D eigenvalue weighted by molar-refractivity contribution is -0.126. The zero-order valence-electron chi connectivity index (χ0n) is 19.0. The molecule has 1 amide bonds.